The third-order valence-corrected chi connectivity index (χ3v) is 12.2. The number of hydrogen-bond acceptors (Lipinski definition) is 0. The summed E-state index contributed by atoms with van der Waals surface area (Å²) in [4.78, 5) is 0. The van der Waals surface area contributed by atoms with E-state index in [9.17, 15) is 0 Å². The monoisotopic (exact) mass is 413 g/mol. The number of allylic oxidation sites excluding steroid dienone is 2. The lowest BCUT2D eigenvalue weighted by Crippen LogP contribution is -2.27. The molecule has 1 spiro atoms. The van der Waals surface area contributed by atoms with Crippen LogP contribution >= 0.6 is 10.4 Å². The molecule has 0 saturated carbocycles. The largest absolute Gasteiger partial charge is 0.257 e. The van der Waals surface area contributed by atoms with E-state index in [1.54, 1.807) is 0 Å². The Morgan fingerprint density at radius 2 is 1.57 bits per heavy atom. The van der Waals surface area contributed by atoms with E-state index < -0.39 is 10.4 Å². The molecule has 0 amide bonds. The lowest BCUT2D eigenvalue weighted by atomic mass is 9.94. The zero-order valence-corrected chi connectivity index (χ0v) is 19.5. The Morgan fingerprint density at radius 1 is 0.867 bits per heavy atom. The number of aromatic nitrogens is 1. The molecule has 3 aliphatic rings. The molecule has 3 atom stereocenters. The lowest BCUT2D eigenvalue weighted by Gasteiger charge is -2.33. The fourth-order valence-corrected chi connectivity index (χ4v) is 11.0. The Balaban J connectivity index is 1.75. The topological polar surface area (TPSA) is 7.94 Å². The number of fused-ring (bicyclic) bond motifs is 5. The van der Waals surface area contributed by atoms with Crippen molar-refractivity contribution in [2.75, 3.05) is 0 Å². The summed E-state index contributed by atoms with van der Waals surface area (Å²) in [5.74, 6) is 0. The first-order chi connectivity index (χ1) is 14.4. The van der Waals surface area contributed by atoms with Crippen LogP contribution in [-0.4, -0.2) is 24.2 Å². The van der Waals surface area contributed by atoms with E-state index in [0.29, 0.717) is 10.5 Å². The second-order valence-corrected chi connectivity index (χ2v) is 12.7. The van der Waals surface area contributed by atoms with Gasteiger partial charge in [-0.25, -0.2) is 0 Å². The van der Waals surface area contributed by atoms with Crippen molar-refractivity contribution in [1.82, 2.24) is 3.97 Å². The van der Waals surface area contributed by atoms with Crippen molar-refractivity contribution in [3.63, 3.8) is 0 Å². The van der Waals surface area contributed by atoms with Gasteiger partial charge in [0.1, 0.15) is 0 Å². The summed E-state index contributed by atoms with van der Waals surface area (Å²) in [7, 11) is -1.10. The van der Waals surface area contributed by atoms with Crippen molar-refractivity contribution in [3.8, 4) is 0 Å². The van der Waals surface area contributed by atoms with Gasteiger partial charge < -0.3 is 0 Å². The van der Waals surface area contributed by atoms with Crippen LogP contribution < -0.4 is 0 Å². The van der Waals surface area contributed by atoms with Gasteiger partial charge in [0, 0.05) is 24.3 Å². The fraction of sp³-hybridized carbons (Fsp3) is 0.296. The molecule has 0 N–H and O–H groups in total. The molecule has 3 aromatic rings. The van der Waals surface area contributed by atoms with Gasteiger partial charge in [0.2, 0.25) is 5.70 Å². The molecule has 1 unspecified atom stereocenters. The third kappa shape index (κ3) is 2.00. The van der Waals surface area contributed by atoms with Gasteiger partial charge in [-0.15, -0.1) is 3.98 Å². The van der Waals surface area contributed by atoms with E-state index >= 15 is 0 Å². The number of nitrogens with zero attached hydrogens (tertiary/aromatic N) is 2. The fourth-order valence-electron chi connectivity index (χ4n) is 5.97. The predicted octanol–water partition coefficient (Wildman–Crippen LogP) is 6.74. The maximum atomic E-state index is 2.75. The first-order valence-corrected chi connectivity index (χ1v) is 12.6. The zero-order chi connectivity index (χ0) is 20.9. The van der Waals surface area contributed by atoms with Crippen LogP contribution in [-0.2, 0) is 0 Å². The first kappa shape index (κ1) is 18.3. The van der Waals surface area contributed by atoms with Crippen molar-refractivity contribution in [3.05, 3.63) is 88.4 Å². The Morgan fingerprint density at radius 3 is 2.27 bits per heavy atom. The van der Waals surface area contributed by atoms with Crippen molar-refractivity contribution in [2.45, 2.75) is 52.0 Å². The lowest BCUT2D eigenvalue weighted by molar-refractivity contribution is -0.286. The maximum Gasteiger partial charge on any atom is 0.232 e. The minimum atomic E-state index is -1.10. The van der Waals surface area contributed by atoms with Gasteiger partial charge >= 0.3 is 0 Å². The molecule has 1 aromatic heterocycles. The zero-order valence-electron chi connectivity index (χ0n) is 18.7. The Hall–Kier alpha value is -2.52. The predicted molar refractivity (Wildman–Crippen MR) is 130 cm³/mol. The van der Waals surface area contributed by atoms with Gasteiger partial charge in [-0.05, 0) is 68.7 Å². The van der Waals surface area contributed by atoms with E-state index in [0.717, 1.165) is 0 Å². The molecule has 2 nitrogen and oxygen atoms in total. The number of hydrogen-bond donors (Lipinski definition) is 0. The average Bonchev–Trinajstić information content (AvgIpc) is 2.98. The number of rotatable bonds is 1. The van der Waals surface area contributed by atoms with Crippen LogP contribution in [0.15, 0.2) is 65.9 Å². The summed E-state index contributed by atoms with van der Waals surface area (Å²) < 4.78 is 5.50. The summed E-state index contributed by atoms with van der Waals surface area (Å²) >= 11 is 0. The van der Waals surface area contributed by atoms with E-state index in [2.05, 4.69) is 104 Å². The van der Waals surface area contributed by atoms with Crippen LogP contribution in [0.2, 0.25) is 0 Å². The van der Waals surface area contributed by atoms with Gasteiger partial charge in [-0.3, -0.25) is 3.97 Å². The van der Waals surface area contributed by atoms with Crippen LogP contribution in [0.25, 0.3) is 16.3 Å². The van der Waals surface area contributed by atoms with Crippen molar-refractivity contribution < 1.29 is 3.98 Å². The molecule has 1 fully saturated rings. The average molecular weight is 414 g/mol. The number of benzene rings is 2. The van der Waals surface area contributed by atoms with Crippen LogP contribution in [0.1, 0.15) is 50.2 Å². The summed E-state index contributed by atoms with van der Waals surface area (Å²) in [6.07, 6.45) is 2.40. The van der Waals surface area contributed by atoms with Crippen LogP contribution in [0, 0.1) is 13.8 Å². The van der Waals surface area contributed by atoms with Gasteiger partial charge in [0.25, 0.3) is 0 Å². The molecule has 3 aliphatic heterocycles. The van der Waals surface area contributed by atoms with Crippen molar-refractivity contribution in [1.29, 1.82) is 0 Å². The van der Waals surface area contributed by atoms with Gasteiger partial charge in [-0.2, -0.15) is 0 Å². The van der Waals surface area contributed by atoms with Crippen molar-refractivity contribution >= 4 is 32.5 Å². The van der Waals surface area contributed by atoms with E-state index in [4.69, 9.17) is 0 Å². The van der Waals surface area contributed by atoms with E-state index in [1.165, 1.54) is 55.8 Å². The minimum Gasteiger partial charge on any atom is -0.257 e. The minimum absolute atomic E-state index is 0.698. The second-order valence-electron chi connectivity index (χ2n) is 9.21. The molecule has 30 heavy (non-hydrogen) atoms. The molecule has 6 rings (SSSR count). The smallest absolute Gasteiger partial charge is 0.232 e. The quantitative estimate of drug-likeness (QED) is 0.308. The maximum absolute atomic E-state index is 2.75. The highest BCUT2D eigenvalue weighted by molar-refractivity contribution is 8.34. The highest BCUT2D eigenvalue weighted by Gasteiger charge is 2.70. The van der Waals surface area contributed by atoms with Gasteiger partial charge in [0.05, 0.1) is 32.2 Å². The first-order valence-electron chi connectivity index (χ1n) is 10.9. The Kier molecular flexibility index (Phi) is 3.53. The van der Waals surface area contributed by atoms with Gasteiger partial charge in [0.15, 0.2) is 5.71 Å². The van der Waals surface area contributed by atoms with Crippen LogP contribution in [0.5, 0.6) is 0 Å². The summed E-state index contributed by atoms with van der Waals surface area (Å²) in [5, 5.41) is 4.01. The molecular weight excluding hydrogens is 384 g/mol. The molecule has 0 radical (unpaired) electrons. The highest BCUT2D eigenvalue weighted by Crippen LogP contribution is 2.79. The van der Waals surface area contributed by atoms with Crippen molar-refractivity contribution in [2.24, 2.45) is 0 Å². The second kappa shape index (κ2) is 5.79. The number of aryl methyl sites for hydroxylation is 2. The van der Waals surface area contributed by atoms with Crippen LogP contribution in [0.4, 0.5) is 0 Å². The Labute approximate surface area is 180 Å². The Bertz CT molecular complexity index is 1360. The standard InChI is InChI=1S/C27H29N2S/c1-16-13-18(3)28-26(16)25(24-12-11-22-9-7-8-10-23(22)15-24)27-17(2)14-19(4)29(27)30(28)20(5)21(30)6/h7-15,20-21H,1-6H3/q+1/t20-,21+. The molecule has 2 aromatic carbocycles. The molecule has 4 heterocycles. The molecule has 0 aliphatic carbocycles. The molecular formula is C27H29N2S+. The normalized spacial score (nSPS) is 29.2. The highest BCUT2D eigenvalue weighted by atomic mass is 32.3. The van der Waals surface area contributed by atoms with Crippen LogP contribution in [0.3, 0.4) is 0 Å². The third-order valence-electron chi connectivity index (χ3n) is 7.42. The SMILES string of the molecule is CC1=CC(C)=[N+]2C1=C(c1ccc3ccccc3c1)c1c(C)cc(C)n1S21[C@H](C)[C@@H]1C. The molecule has 1 saturated heterocycles. The molecule has 152 valence electrons. The summed E-state index contributed by atoms with van der Waals surface area (Å²) in [6, 6.07) is 18.1. The molecule has 0 bridgehead atoms. The van der Waals surface area contributed by atoms with E-state index in [-0.39, 0.29) is 0 Å². The van der Waals surface area contributed by atoms with E-state index in [1.807, 2.05) is 0 Å². The van der Waals surface area contributed by atoms with Gasteiger partial charge in [-0.1, -0.05) is 36.4 Å². The summed E-state index contributed by atoms with van der Waals surface area (Å²) in [6.45, 7) is 14.1. The summed E-state index contributed by atoms with van der Waals surface area (Å²) in [5.41, 5.74) is 11.2. The molecule has 3 heteroatoms.